The Bertz CT molecular complexity index is 705. The minimum absolute atomic E-state index is 0.472. The molecular formula is C15H12ClN3O. The molecule has 4 nitrogen and oxygen atoms in total. The number of nitrogens with two attached hydrogens (primary N) is 1. The van der Waals surface area contributed by atoms with Gasteiger partial charge in [-0.1, -0.05) is 41.0 Å². The van der Waals surface area contributed by atoms with Crippen molar-refractivity contribution in [2.75, 3.05) is 0 Å². The largest absolute Gasteiger partial charge is 0.334 e. The average molecular weight is 286 g/mol. The van der Waals surface area contributed by atoms with Gasteiger partial charge in [0.1, 0.15) is 0 Å². The van der Waals surface area contributed by atoms with Gasteiger partial charge in [-0.2, -0.15) is 4.98 Å². The van der Waals surface area contributed by atoms with E-state index in [-0.39, 0.29) is 0 Å². The van der Waals surface area contributed by atoms with E-state index in [1.54, 1.807) is 12.1 Å². The summed E-state index contributed by atoms with van der Waals surface area (Å²) in [6.07, 6.45) is 0. The van der Waals surface area contributed by atoms with Crippen LogP contribution in [-0.4, -0.2) is 10.1 Å². The molecule has 1 heterocycles. The zero-order valence-electron chi connectivity index (χ0n) is 10.6. The molecule has 0 saturated heterocycles. The molecule has 0 spiro atoms. The molecule has 0 amide bonds. The van der Waals surface area contributed by atoms with Gasteiger partial charge in [-0.05, 0) is 29.8 Å². The monoisotopic (exact) mass is 285 g/mol. The molecule has 0 bridgehead atoms. The number of aromatic nitrogens is 2. The fraction of sp³-hybridized carbons (Fsp3) is 0.0667. The fourth-order valence-electron chi connectivity index (χ4n) is 1.84. The van der Waals surface area contributed by atoms with Crippen LogP contribution in [0.4, 0.5) is 0 Å². The lowest BCUT2D eigenvalue weighted by Crippen LogP contribution is -1.95. The van der Waals surface area contributed by atoms with Gasteiger partial charge in [-0.25, -0.2) is 0 Å². The average Bonchev–Trinajstić information content (AvgIpc) is 2.98. The second-order valence-electron chi connectivity index (χ2n) is 4.33. The minimum Gasteiger partial charge on any atom is -0.334 e. The van der Waals surface area contributed by atoms with Gasteiger partial charge >= 0.3 is 0 Å². The molecule has 0 saturated carbocycles. The Morgan fingerprint density at radius 1 is 0.950 bits per heavy atom. The van der Waals surface area contributed by atoms with Crippen molar-refractivity contribution in [2.45, 2.75) is 6.54 Å². The van der Waals surface area contributed by atoms with Gasteiger partial charge in [0.2, 0.25) is 5.82 Å². The lowest BCUT2D eigenvalue weighted by molar-refractivity contribution is 0.432. The number of rotatable bonds is 3. The Morgan fingerprint density at radius 3 is 2.25 bits per heavy atom. The molecule has 100 valence electrons. The van der Waals surface area contributed by atoms with Gasteiger partial charge < -0.3 is 10.3 Å². The highest BCUT2D eigenvalue weighted by Gasteiger charge is 2.10. The lowest BCUT2D eigenvalue weighted by Gasteiger charge is -1.97. The molecule has 2 N–H and O–H groups in total. The van der Waals surface area contributed by atoms with E-state index in [9.17, 15) is 0 Å². The first-order valence-corrected chi connectivity index (χ1v) is 6.53. The standard InChI is InChI=1S/C15H12ClN3O/c16-13-7-5-12(6-8-13)15-18-14(19-20-15)11-3-1-10(9-17)2-4-11/h1-8H,9,17H2. The molecule has 20 heavy (non-hydrogen) atoms. The Balaban J connectivity index is 1.91. The Labute approximate surface area is 121 Å². The Morgan fingerprint density at radius 2 is 1.60 bits per heavy atom. The first-order chi connectivity index (χ1) is 9.76. The number of halogens is 1. The zero-order chi connectivity index (χ0) is 13.9. The quantitative estimate of drug-likeness (QED) is 0.800. The fourth-order valence-corrected chi connectivity index (χ4v) is 1.97. The van der Waals surface area contributed by atoms with Crippen LogP contribution in [0.3, 0.4) is 0 Å². The van der Waals surface area contributed by atoms with Crippen molar-refractivity contribution in [1.82, 2.24) is 10.1 Å². The van der Waals surface area contributed by atoms with Gasteiger partial charge in [0.25, 0.3) is 5.89 Å². The predicted octanol–water partition coefficient (Wildman–Crippen LogP) is 3.52. The van der Waals surface area contributed by atoms with E-state index in [0.29, 0.717) is 23.3 Å². The Kier molecular flexibility index (Phi) is 3.50. The van der Waals surface area contributed by atoms with Crippen LogP contribution in [0.1, 0.15) is 5.56 Å². The highest BCUT2D eigenvalue weighted by molar-refractivity contribution is 6.30. The van der Waals surface area contributed by atoms with Crippen molar-refractivity contribution >= 4 is 11.6 Å². The lowest BCUT2D eigenvalue weighted by atomic mass is 10.1. The number of nitrogens with zero attached hydrogens (tertiary/aromatic N) is 2. The van der Waals surface area contributed by atoms with Crippen LogP contribution in [0.5, 0.6) is 0 Å². The molecule has 3 aromatic rings. The number of hydrogen-bond acceptors (Lipinski definition) is 4. The molecule has 2 aromatic carbocycles. The van der Waals surface area contributed by atoms with Gasteiger partial charge in [0, 0.05) is 22.7 Å². The summed E-state index contributed by atoms with van der Waals surface area (Å²) < 4.78 is 5.27. The van der Waals surface area contributed by atoms with Crippen molar-refractivity contribution in [3.63, 3.8) is 0 Å². The predicted molar refractivity (Wildman–Crippen MR) is 78.1 cm³/mol. The van der Waals surface area contributed by atoms with E-state index in [1.165, 1.54) is 0 Å². The first-order valence-electron chi connectivity index (χ1n) is 6.15. The number of hydrogen-bond donors (Lipinski definition) is 1. The number of benzene rings is 2. The topological polar surface area (TPSA) is 64.9 Å². The molecule has 0 aliphatic rings. The van der Waals surface area contributed by atoms with Crippen molar-refractivity contribution in [3.05, 3.63) is 59.1 Å². The minimum atomic E-state index is 0.472. The third-order valence-corrected chi connectivity index (χ3v) is 3.22. The second kappa shape index (κ2) is 5.45. The van der Waals surface area contributed by atoms with Gasteiger partial charge in [-0.15, -0.1) is 0 Å². The molecular weight excluding hydrogens is 274 g/mol. The molecule has 3 rings (SSSR count). The van der Waals surface area contributed by atoms with Crippen LogP contribution in [0, 0.1) is 0 Å². The van der Waals surface area contributed by atoms with Crippen LogP contribution in [-0.2, 0) is 6.54 Å². The van der Waals surface area contributed by atoms with Crippen molar-refractivity contribution < 1.29 is 4.52 Å². The summed E-state index contributed by atoms with van der Waals surface area (Å²) in [5.41, 5.74) is 8.37. The van der Waals surface area contributed by atoms with E-state index in [1.807, 2.05) is 36.4 Å². The van der Waals surface area contributed by atoms with E-state index in [0.717, 1.165) is 16.7 Å². The van der Waals surface area contributed by atoms with Crippen LogP contribution < -0.4 is 5.73 Å². The van der Waals surface area contributed by atoms with Crippen LogP contribution in [0.25, 0.3) is 22.8 Å². The SMILES string of the molecule is NCc1ccc(-c2noc(-c3ccc(Cl)cc3)n2)cc1. The zero-order valence-corrected chi connectivity index (χ0v) is 11.3. The maximum absolute atomic E-state index is 5.85. The van der Waals surface area contributed by atoms with Gasteiger partial charge in [0.05, 0.1) is 0 Å². The highest BCUT2D eigenvalue weighted by atomic mass is 35.5. The Hall–Kier alpha value is -2.17. The van der Waals surface area contributed by atoms with E-state index >= 15 is 0 Å². The molecule has 0 aliphatic carbocycles. The van der Waals surface area contributed by atoms with Crippen LogP contribution in [0.2, 0.25) is 5.02 Å². The normalized spacial score (nSPS) is 10.7. The molecule has 1 aromatic heterocycles. The summed E-state index contributed by atoms with van der Waals surface area (Å²) in [5, 5.41) is 4.66. The maximum Gasteiger partial charge on any atom is 0.258 e. The molecule has 0 unspecified atom stereocenters. The summed E-state index contributed by atoms with van der Waals surface area (Å²) in [5.74, 6) is 1.03. The van der Waals surface area contributed by atoms with Crippen molar-refractivity contribution in [1.29, 1.82) is 0 Å². The molecule has 0 radical (unpaired) electrons. The second-order valence-corrected chi connectivity index (χ2v) is 4.77. The van der Waals surface area contributed by atoms with Crippen LogP contribution >= 0.6 is 11.6 Å². The third kappa shape index (κ3) is 2.57. The molecule has 0 atom stereocenters. The smallest absolute Gasteiger partial charge is 0.258 e. The van der Waals surface area contributed by atoms with E-state index in [4.69, 9.17) is 21.9 Å². The third-order valence-electron chi connectivity index (χ3n) is 2.97. The van der Waals surface area contributed by atoms with E-state index in [2.05, 4.69) is 10.1 Å². The van der Waals surface area contributed by atoms with E-state index < -0.39 is 0 Å². The maximum atomic E-state index is 5.85. The first kappa shape index (κ1) is 12.8. The van der Waals surface area contributed by atoms with Crippen molar-refractivity contribution in [2.24, 2.45) is 5.73 Å². The summed E-state index contributed by atoms with van der Waals surface area (Å²) in [7, 11) is 0. The summed E-state index contributed by atoms with van der Waals surface area (Å²) in [6, 6.07) is 15.0. The molecule has 0 fully saturated rings. The summed E-state index contributed by atoms with van der Waals surface area (Å²) >= 11 is 5.85. The van der Waals surface area contributed by atoms with Gasteiger partial charge in [0.15, 0.2) is 0 Å². The summed E-state index contributed by atoms with van der Waals surface area (Å²) in [6.45, 7) is 0.516. The molecule has 5 heteroatoms. The molecule has 0 aliphatic heterocycles. The van der Waals surface area contributed by atoms with Crippen molar-refractivity contribution in [3.8, 4) is 22.8 Å². The van der Waals surface area contributed by atoms with Gasteiger partial charge in [-0.3, -0.25) is 0 Å². The highest BCUT2D eigenvalue weighted by Crippen LogP contribution is 2.23. The summed E-state index contributed by atoms with van der Waals surface area (Å²) in [4.78, 5) is 4.38. The van der Waals surface area contributed by atoms with Crippen LogP contribution in [0.15, 0.2) is 53.1 Å².